The molecule has 126 valence electrons. The van der Waals surface area contributed by atoms with E-state index in [1.807, 2.05) is 0 Å². The summed E-state index contributed by atoms with van der Waals surface area (Å²) in [7, 11) is -0.942. The summed E-state index contributed by atoms with van der Waals surface area (Å²) in [6.45, 7) is 1.53. The number of rotatable bonds is 4. The SMILES string of the molecule is CC(c1ccccc1C(F)(F)F)n1cc(S(=O)(=O)N(C)C)cn1. The van der Waals surface area contributed by atoms with E-state index in [1.165, 1.54) is 50.1 Å². The molecule has 0 fully saturated rings. The van der Waals surface area contributed by atoms with Gasteiger partial charge in [-0.1, -0.05) is 18.2 Å². The van der Waals surface area contributed by atoms with E-state index in [0.717, 1.165) is 16.6 Å². The molecule has 0 bridgehead atoms. The molecule has 1 aromatic heterocycles. The molecule has 1 aromatic carbocycles. The zero-order chi connectivity index (χ0) is 17.4. The minimum atomic E-state index is -4.49. The van der Waals surface area contributed by atoms with Crippen molar-refractivity contribution in [1.29, 1.82) is 0 Å². The van der Waals surface area contributed by atoms with Crippen molar-refractivity contribution in [1.82, 2.24) is 14.1 Å². The molecule has 0 aliphatic rings. The number of hydrogen-bond acceptors (Lipinski definition) is 3. The number of alkyl halides is 3. The molecule has 0 spiro atoms. The second-order valence-electron chi connectivity index (χ2n) is 5.20. The molecule has 0 aliphatic heterocycles. The van der Waals surface area contributed by atoms with Gasteiger partial charge in [-0.25, -0.2) is 12.7 Å². The number of benzene rings is 1. The van der Waals surface area contributed by atoms with Gasteiger partial charge in [-0.15, -0.1) is 0 Å². The zero-order valence-corrected chi connectivity index (χ0v) is 13.6. The van der Waals surface area contributed by atoms with Crippen LogP contribution in [0.2, 0.25) is 0 Å². The van der Waals surface area contributed by atoms with Gasteiger partial charge in [-0.05, 0) is 18.6 Å². The summed E-state index contributed by atoms with van der Waals surface area (Å²) in [5.41, 5.74) is -0.739. The van der Waals surface area contributed by atoms with Crippen LogP contribution in [0, 0.1) is 0 Å². The lowest BCUT2D eigenvalue weighted by atomic mass is 10.0. The fraction of sp³-hybridized carbons (Fsp3) is 0.357. The van der Waals surface area contributed by atoms with Crippen molar-refractivity contribution in [3.8, 4) is 0 Å². The largest absolute Gasteiger partial charge is 0.416 e. The first-order valence-corrected chi connectivity index (χ1v) is 8.12. The molecule has 0 saturated carbocycles. The van der Waals surface area contributed by atoms with Crippen LogP contribution in [0.3, 0.4) is 0 Å². The molecule has 0 radical (unpaired) electrons. The van der Waals surface area contributed by atoms with Crippen LogP contribution in [0.4, 0.5) is 13.2 Å². The maximum absolute atomic E-state index is 13.1. The van der Waals surface area contributed by atoms with E-state index in [1.54, 1.807) is 0 Å². The van der Waals surface area contributed by atoms with E-state index in [0.29, 0.717) is 0 Å². The normalized spacial score (nSPS) is 14.2. The Morgan fingerprint density at radius 2 is 1.83 bits per heavy atom. The highest BCUT2D eigenvalue weighted by molar-refractivity contribution is 7.89. The average Bonchev–Trinajstić information content (AvgIpc) is 2.96. The number of nitrogens with zero attached hydrogens (tertiary/aromatic N) is 3. The highest BCUT2D eigenvalue weighted by Crippen LogP contribution is 2.35. The minimum Gasteiger partial charge on any atom is -0.264 e. The Morgan fingerprint density at radius 3 is 2.39 bits per heavy atom. The zero-order valence-electron chi connectivity index (χ0n) is 12.7. The Bertz CT molecular complexity index is 798. The van der Waals surface area contributed by atoms with Crippen molar-refractivity contribution >= 4 is 10.0 Å². The van der Waals surface area contributed by atoms with Crippen molar-refractivity contribution < 1.29 is 21.6 Å². The Kier molecular flexibility index (Phi) is 4.54. The van der Waals surface area contributed by atoms with Crippen LogP contribution >= 0.6 is 0 Å². The van der Waals surface area contributed by atoms with Gasteiger partial charge in [0, 0.05) is 20.3 Å². The summed E-state index contributed by atoms with van der Waals surface area (Å²) in [4.78, 5) is -0.0705. The van der Waals surface area contributed by atoms with Gasteiger partial charge in [0.2, 0.25) is 10.0 Å². The first kappa shape index (κ1) is 17.5. The Hall–Kier alpha value is -1.87. The molecule has 0 N–H and O–H groups in total. The second kappa shape index (κ2) is 5.97. The molecule has 1 unspecified atom stereocenters. The smallest absolute Gasteiger partial charge is 0.264 e. The lowest BCUT2D eigenvalue weighted by Crippen LogP contribution is -2.21. The molecule has 2 rings (SSSR count). The van der Waals surface area contributed by atoms with E-state index in [2.05, 4.69) is 5.10 Å². The Morgan fingerprint density at radius 1 is 1.22 bits per heavy atom. The van der Waals surface area contributed by atoms with Gasteiger partial charge < -0.3 is 0 Å². The summed E-state index contributed by atoms with van der Waals surface area (Å²) in [6.07, 6.45) is -2.13. The maximum atomic E-state index is 13.1. The van der Waals surface area contributed by atoms with Crippen molar-refractivity contribution in [3.63, 3.8) is 0 Å². The summed E-state index contributed by atoms with van der Waals surface area (Å²) in [5, 5.41) is 3.91. The fourth-order valence-corrected chi connectivity index (χ4v) is 2.98. The van der Waals surface area contributed by atoms with Crippen molar-refractivity contribution in [2.24, 2.45) is 0 Å². The average molecular weight is 347 g/mol. The van der Waals surface area contributed by atoms with Crippen LogP contribution in [0.15, 0.2) is 41.6 Å². The summed E-state index contributed by atoms with van der Waals surface area (Å²) in [6, 6.07) is 4.40. The topological polar surface area (TPSA) is 55.2 Å². The molecular weight excluding hydrogens is 331 g/mol. The predicted molar refractivity (Wildman–Crippen MR) is 78.4 cm³/mol. The number of halogens is 3. The molecule has 2 aromatic rings. The van der Waals surface area contributed by atoms with Crippen LogP contribution in [0.5, 0.6) is 0 Å². The van der Waals surface area contributed by atoms with Crippen molar-refractivity contribution in [2.45, 2.75) is 24.0 Å². The first-order chi connectivity index (χ1) is 10.5. The number of sulfonamides is 1. The van der Waals surface area contributed by atoms with Gasteiger partial charge in [-0.2, -0.15) is 18.3 Å². The third-order valence-electron chi connectivity index (χ3n) is 3.47. The summed E-state index contributed by atoms with van der Waals surface area (Å²) < 4.78 is 65.5. The second-order valence-corrected chi connectivity index (χ2v) is 7.36. The van der Waals surface area contributed by atoms with Gasteiger partial charge in [0.1, 0.15) is 4.90 Å². The molecular formula is C14H16F3N3O2S. The van der Waals surface area contributed by atoms with E-state index in [-0.39, 0.29) is 10.5 Å². The van der Waals surface area contributed by atoms with Crippen molar-refractivity contribution in [2.75, 3.05) is 14.1 Å². The Balaban J connectivity index is 2.44. The lowest BCUT2D eigenvalue weighted by molar-refractivity contribution is -0.138. The van der Waals surface area contributed by atoms with E-state index >= 15 is 0 Å². The quantitative estimate of drug-likeness (QED) is 0.855. The van der Waals surface area contributed by atoms with Gasteiger partial charge in [0.25, 0.3) is 0 Å². The third-order valence-corrected chi connectivity index (χ3v) is 5.24. The van der Waals surface area contributed by atoms with E-state index < -0.39 is 27.8 Å². The van der Waals surface area contributed by atoms with Crippen LogP contribution in [-0.2, 0) is 16.2 Å². The molecule has 0 aliphatic carbocycles. The highest BCUT2D eigenvalue weighted by atomic mass is 32.2. The highest BCUT2D eigenvalue weighted by Gasteiger charge is 2.34. The number of aromatic nitrogens is 2. The van der Waals surface area contributed by atoms with Gasteiger partial charge in [0.15, 0.2) is 0 Å². The molecule has 0 amide bonds. The molecule has 0 saturated heterocycles. The maximum Gasteiger partial charge on any atom is 0.416 e. The molecule has 23 heavy (non-hydrogen) atoms. The lowest BCUT2D eigenvalue weighted by Gasteiger charge is -2.18. The summed E-state index contributed by atoms with van der Waals surface area (Å²) in [5.74, 6) is 0. The third kappa shape index (κ3) is 3.40. The molecule has 9 heteroatoms. The van der Waals surface area contributed by atoms with E-state index in [4.69, 9.17) is 0 Å². The standard InChI is InChI=1S/C14H16F3N3O2S/c1-10(12-6-4-5-7-13(12)14(15,16)17)20-9-11(8-18-20)23(21,22)19(2)3/h4-10H,1-3H3. The van der Waals surface area contributed by atoms with Crippen LogP contribution < -0.4 is 0 Å². The molecule has 1 heterocycles. The monoisotopic (exact) mass is 347 g/mol. The fourth-order valence-electron chi connectivity index (χ4n) is 2.14. The molecule has 1 atom stereocenters. The van der Waals surface area contributed by atoms with Gasteiger partial charge >= 0.3 is 6.18 Å². The predicted octanol–water partition coefficient (Wildman–Crippen LogP) is 2.76. The molecule has 5 nitrogen and oxygen atoms in total. The van der Waals surface area contributed by atoms with E-state index in [9.17, 15) is 21.6 Å². The first-order valence-electron chi connectivity index (χ1n) is 6.68. The van der Waals surface area contributed by atoms with Gasteiger partial charge in [-0.3, -0.25) is 4.68 Å². The summed E-state index contributed by atoms with van der Waals surface area (Å²) >= 11 is 0. The minimum absolute atomic E-state index is 0.0249. The van der Waals surface area contributed by atoms with Gasteiger partial charge in [0.05, 0.1) is 17.8 Å². The van der Waals surface area contributed by atoms with Crippen molar-refractivity contribution in [3.05, 3.63) is 47.8 Å². The van der Waals surface area contributed by atoms with Crippen LogP contribution in [0.25, 0.3) is 0 Å². The number of hydrogen-bond donors (Lipinski definition) is 0. The van der Waals surface area contributed by atoms with Crippen LogP contribution in [0.1, 0.15) is 24.1 Å². The van der Waals surface area contributed by atoms with Crippen LogP contribution in [-0.4, -0.2) is 36.6 Å². The Labute approximate surface area is 132 Å².